The van der Waals surface area contributed by atoms with Crippen LogP contribution in [-0.2, 0) is 6.42 Å². The van der Waals surface area contributed by atoms with Crippen LogP contribution in [0.4, 0.5) is 14.6 Å². The fraction of sp³-hybridized carbons (Fsp3) is 0.421. The molecule has 2 aromatic rings. The first-order valence-electron chi connectivity index (χ1n) is 8.61. The quantitative estimate of drug-likeness (QED) is 0.822. The summed E-state index contributed by atoms with van der Waals surface area (Å²) >= 11 is 0. The van der Waals surface area contributed by atoms with E-state index in [2.05, 4.69) is 10.1 Å². The molecule has 2 aliphatic rings. The minimum Gasteiger partial charge on any atom is -0.294 e. The van der Waals surface area contributed by atoms with Crippen molar-refractivity contribution in [1.29, 1.82) is 0 Å². The molecule has 1 aromatic carbocycles. The number of carbonyl (C=O) groups excluding carboxylic acids is 1. The lowest BCUT2D eigenvalue weighted by Gasteiger charge is -2.29. The molecule has 1 aliphatic carbocycles. The van der Waals surface area contributed by atoms with Crippen LogP contribution in [0.25, 0.3) is 0 Å². The molecule has 1 saturated carbocycles. The Kier molecular flexibility index (Phi) is 3.98. The first-order chi connectivity index (χ1) is 12.0. The van der Waals surface area contributed by atoms with Crippen molar-refractivity contribution in [3.8, 4) is 0 Å². The summed E-state index contributed by atoms with van der Waals surface area (Å²) in [5, 5.41) is 4.30. The molecule has 130 valence electrons. The zero-order valence-electron chi connectivity index (χ0n) is 13.8. The highest BCUT2D eigenvalue weighted by molar-refractivity contribution is 6.15. The number of carbonyl (C=O) groups is 1. The van der Waals surface area contributed by atoms with Crippen molar-refractivity contribution in [2.75, 3.05) is 0 Å². The van der Waals surface area contributed by atoms with Gasteiger partial charge in [0.05, 0.1) is 24.2 Å². The molecule has 0 N–H and O–H groups in total. The second-order valence-electron chi connectivity index (χ2n) is 6.85. The van der Waals surface area contributed by atoms with Gasteiger partial charge in [0.25, 0.3) is 0 Å². The van der Waals surface area contributed by atoms with Crippen molar-refractivity contribution in [1.82, 2.24) is 9.78 Å². The molecule has 6 heteroatoms. The van der Waals surface area contributed by atoms with E-state index < -0.39 is 5.92 Å². The van der Waals surface area contributed by atoms with Gasteiger partial charge in [0.15, 0.2) is 11.6 Å². The third kappa shape index (κ3) is 3.25. The lowest BCUT2D eigenvalue weighted by atomic mass is 9.92. The number of nitrogens with zero attached hydrogens (tertiary/aromatic N) is 3. The van der Waals surface area contributed by atoms with Crippen molar-refractivity contribution in [3.63, 3.8) is 0 Å². The number of fused-ring (bicyclic) bond motifs is 1. The Morgan fingerprint density at radius 2 is 1.88 bits per heavy atom. The van der Waals surface area contributed by atoms with Gasteiger partial charge in [-0.2, -0.15) is 5.10 Å². The van der Waals surface area contributed by atoms with Crippen molar-refractivity contribution in [3.05, 3.63) is 47.7 Å². The maximum atomic E-state index is 13.4. The molecular weight excluding hydrogens is 324 g/mol. The van der Waals surface area contributed by atoms with E-state index in [4.69, 9.17) is 0 Å². The molecule has 1 fully saturated rings. The number of rotatable bonds is 3. The molecule has 1 aromatic heterocycles. The Bertz CT molecular complexity index is 816. The predicted molar refractivity (Wildman–Crippen MR) is 90.9 cm³/mol. The van der Waals surface area contributed by atoms with Crippen LogP contribution in [0.15, 0.2) is 41.5 Å². The normalized spacial score (nSPS) is 20.2. The van der Waals surface area contributed by atoms with Gasteiger partial charge < -0.3 is 0 Å². The highest BCUT2D eigenvalue weighted by Crippen LogP contribution is 2.41. The highest BCUT2D eigenvalue weighted by Gasteiger charge is 2.37. The predicted octanol–water partition coefficient (Wildman–Crippen LogP) is 4.54. The van der Waals surface area contributed by atoms with Gasteiger partial charge in [0.2, 0.25) is 5.92 Å². The van der Waals surface area contributed by atoms with E-state index in [1.165, 1.54) is 6.20 Å². The lowest BCUT2D eigenvalue weighted by molar-refractivity contribution is -0.0448. The molecule has 1 aliphatic heterocycles. The molecule has 0 saturated heterocycles. The third-order valence-corrected chi connectivity index (χ3v) is 4.98. The van der Waals surface area contributed by atoms with Crippen LogP contribution in [0.3, 0.4) is 0 Å². The Morgan fingerprint density at radius 3 is 2.60 bits per heavy atom. The first kappa shape index (κ1) is 16.1. The summed E-state index contributed by atoms with van der Waals surface area (Å²) in [6.45, 7) is 0. The summed E-state index contributed by atoms with van der Waals surface area (Å²) in [4.78, 5) is 17.1. The molecule has 0 radical (unpaired) electrons. The Labute approximate surface area is 144 Å². The molecule has 0 bridgehead atoms. The molecule has 4 rings (SSSR count). The van der Waals surface area contributed by atoms with Crippen LogP contribution in [0.2, 0.25) is 0 Å². The number of ketones is 1. The zero-order valence-corrected chi connectivity index (χ0v) is 13.8. The Morgan fingerprint density at radius 1 is 1.16 bits per heavy atom. The average Bonchev–Trinajstić information content (AvgIpc) is 3.00. The van der Waals surface area contributed by atoms with Gasteiger partial charge in [0, 0.05) is 25.0 Å². The van der Waals surface area contributed by atoms with Crippen LogP contribution < -0.4 is 0 Å². The zero-order chi connectivity index (χ0) is 17.4. The van der Waals surface area contributed by atoms with Gasteiger partial charge in [-0.05, 0) is 18.4 Å². The van der Waals surface area contributed by atoms with E-state index in [-0.39, 0.29) is 31.1 Å². The van der Waals surface area contributed by atoms with Crippen molar-refractivity contribution in [2.45, 2.75) is 50.5 Å². The van der Waals surface area contributed by atoms with Crippen LogP contribution in [0, 0.1) is 0 Å². The number of Topliss-reactive ketones (excluding diaryl/α,β-unsaturated/α-hetero) is 1. The molecule has 0 spiro atoms. The van der Waals surface area contributed by atoms with Gasteiger partial charge >= 0.3 is 0 Å². The minimum absolute atomic E-state index is 0.00307. The lowest BCUT2D eigenvalue weighted by Crippen LogP contribution is -2.27. The maximum Gasteiger partial charge on any atom is 0.248 e. The summed E-state index contributed by atoms with van der Waals surface area (Å²) < 4.78 is 28.5. The summed E-state index contributed by atoms with van der Waals surface area (Å²) in [6, 6.07) is 9.75. The largest absolute Gasteiger partial charge is 0.294 e. The van der Waals surface area contributed by atoms with Crippen LogP contribution >= 0.6 is 0 Å². The number of aliphatic imine (C=N–C) groups is 1. The van der Waals surface area contributed by atoms with E-state index in [1.54, 1.807) is 4.68 Å². The third-order valence-electron chi connectivity index (χ3n) is 4.98. The van der Waals surface area contributed by atoms with Crippen LogP contribution in [0.5, 0.6) is 0 Å². The smallest absolute Gasteiger partial charge is 0.248 e. The second kappa shape index (κ2) is 6.17. The molecule has 4 nitrogen and oxygen atoms in total. The van der Waals surface area contributed by atoms with E-state index in [0.29, 0.717) is 30.6 Å². The molecular formula is C19H19F2N3O. The molecule has 0 unspecified atom stereocenters. The van der Waals surface area contributed by atoms with Crippen molar-refractivity contribution >= 4 is 17.3 Å². The minimum atomic E-state index is -2.58. The summed E-state index contributed by atoms with van der Waals surface area (Å²) in [6.07, 6.45) is 2.88. The number of hydrogen-bond donors (Lipinski definition) is 0. The maximum absolute atomic E-state index is 13.4. The fourth-order valence-corrected chi connectivity index (χ4v) is 3.60. The van der Waals surface area contributed by atoms with Gasteiger partial charge in [-0.25, -0.2) is 18.5 Å². The standard InChI is InChI=1S/C19H19F2N3O/c20-19(21)8-6-15(7-9-19)24-18-16(12-22-24)17(25)11-14(23-18)10-13-4-2-1-3-5-13/h1-5,12,15H,6-11H2. The molecule has 0 atom stereocenters. The van der Waals surface area contributed by atoms with E-state index >= 15 is 0 Å². The number of hydrogen-bond acceptors (Lipinski definition) is 3. The monoisotopic (exact) mass is 343 g/mol. The summed E-state index contributed by atoms with van der Waals surface area (Å²) in [7, 11) is 0. The van der Waals surface area contributed by atoms with E-state index in [0.717, 1.165) is 11.3 Å². The fourth-order valence-electron chi connectivity index (χ4n) is 3.60. The first-order valence-corrected chi connectivity index (χ1v) is 8.61. The van der Waals surface area contributed by atoms with Gasteiger partial charge in [-0.15, -0.1) is 0 Å². The number of aromatic nitrogens is 2. The molecule has 25 heavy (non-hydrogen) atoms. The molecule has 0 amide bonds. The highest BCUT2D eigenvalue weighted by atomic mass is 19.3. The SMILES string of the molecule is O=C1CC(Cc2ccccc2)=Nc2c1cnn2C1CCC(F)(F)CC1. The Balaban J connectivity index is 1.61. The van der Waals surface area contributed by atoms with Crippen LogP contribution in [0.1, 0.15) is 54.1 Å². The van der Waals surface area contributed by atoms with Gasteiger partial charge in [-0.1, -0.05) is 30.3 Å². The second-order valence-corrected chi connectivity index (χ2v) is 6.85. The van der Waals surface area contributed by atoms with Crippen LogP contribution in [-0.4, -0.2) is 27.2 Å². The average molecular weight is 343 g/mol. The topological polar surface area (TPSA) is 47.2 Å². The summed E-state index contributed by atoms with van der Waals surface area (Å²) in [5.41, 5.74) is 2.40. The van der Waals surface area contributed by atoms with Crippen molar-refractivity contribution < 1.29 is 13.6 Å². The summed E-state index contributed by atoms with van der Waals surface area (Å²) in [5.74, 6) is -2.04. The number of benzene rings is 1. The number of halogens is 2. The molecule has 2 heterocycles. The van der Waals surface area contributed by atoms with Crippen molar-refractivity contribution in [2.24, 2.45) is 4.99 Å². The Hall–Kier alpha value is -2.37. The van der Waals surface area contributed by atoms with E-state index in [1.807, 2.05) is 30.3 Å². The van der Waals surface area contributed by atoms with Gasteiger partial charge in [-0.3, -0.25) is 4.79 Å². The number of alkyl halides is 2. The van der Waals surface area contributed by atoms with E-state index in [9.17, 15) is 13.6 Å². The van der Waals surface area contributed by atoms with Gasteiger partial charge in [0.1, 0.15) is 0 Å².